The Morgan fingerprint density at radius 1 is 0.951 bits per heavy atom. The molecule has 214 valence electrons. The number of alkyl carbamates (subject to hydrolysis) is 1. The Morgan fingerprint density at radius 2 is 1.66 bits per heavy atom. The van der Waals surface area contributed by atoms with Crippen LogP contribution in [0.5, 0.6) is 17.2 Å². The van der Waals surface area contributed by atoms with E-state index in [1.807, 2.05) is 13.0 Å². The summed E-state index contributed by atoms with van der Waals surface area (Å²) in [5.74, 6) is -0.230. The van der Waals surface area contributed by atoms with Crippen LogP contribution in [0.2, 0.25) is 0 Å². The molecule has 0 unspecified atom stereocenters. The van der Waals surface area contributed by atoms with Crippen molar-refractivity contribution in [3.8, 4) is 17.2 Å². The number of aryl methyl sites for hydroxylation is 1. The molecule has 0 fully saturated rings. The Hall–Kier alpha value is -5.10. The molecule has 12 nitrogen and oxygen atoms in total. The zero-order valence-electron chi connectivity index (χ0n) is 22.2. The van der Waals surface area contributed by atoms with E-state index in [0.717, 1.165) is 11.1 Å². The average Bonchev–Trinajstić information content (AvgIpc) is 3.43. The average molecular weight is 563 g/mol. The summed E-state index contributed by atoms with van der Waals surface area (Å²) in [7, 11) is 0. The SMILES string of the molecule is Cc1cc2c(cc1/C=N\NC(=O)[C@H](Cc1ccc(O)cc1)NC(=O)[C@H](CO)NC(=O)OCc1ccccc1)OCO2. The lowest BCUT2D eigenvalue weighted by Crippen LogP contribution is -2.55. The number of phenolic OH excluding ortho intramolecular Hbond substituents is 1. The van der Waals surface area contributed by atoms with Crippen molar-refractivity contribution in [2.45, 2.75) is 32.0 Å². The van der Waals surface area contributed by atoms with Gasteiger partial charge < -0.3 is 35.1 Å². The summed E-state index contributed by atoms with van der Waals surface area (Å²) in [4.78, 5) is 38.3. The van der Waals surface area contributed by atoms with E-state index < -0.39 is 36.6 Å². The predicted octanol–water partition coefficient (Wildman–Crippen LogP) is 1.89. The molecule has 0 radical (unpaired) electrons. The van der Waals surface area contributed by atoms with Crippen LogP contribution in [0.15, 0.2) is 71.8 Å². The monoisotopic (exact) mass is 562 g/mol. The topological polar surface area (TPSA) is 168 Å². The Morgan fingerprint density at radius 3 is 2.37 bits per heavy atom. The van der Waals surface area contributed by atoms with E-state index in [-0.39, 0.29) is 25.6 Å². The van der Waals surface area contributed by atoms with Gasteiger partial charge in [0.25, 0.3) is 5.91 Å². The predicted molar refractivity (Wildman–Crippen MR) is 147 cm³/mol. The maximum Gasteiger partial charge on any atom is 0.408 e. The number of carbonyl (C=O) groups excluding carboxylic acids is 3. The van der Waals surface area contributed by atoms with Gasteiger partial charge >= 0.3 is 6.09 Å². The standard InChI is InChI=1S/C29H30N4O8/c1-18-11-25-26(41-17-40-25)13-21(18)14-30-33-28(37)23(12-19-7-9-22(35)10-8-19)31-27(36)24(15-34)32-29(38)39-16-20-5-3-2-4-6-20/h2-11,13-14,23-24,34-35H,12,15-17H2,1H3,(H,31,36)(H,32,38)(H,33,37)/b30-14-/t23-,24-/m0/s1. The van der Waals surface area contributed by atoms with Gasteiger partial charge in [0.15, 0.2) is 11.5 Å². The minimum atomic E-state index is -1.38. The fourth-order valence-corrected chi connectivity index (χ4v) is 3.89. The van der Waals surface area contributed by atoms with E-state index in [1.54, 1.807) is 48.5 Å². The first kappa shape index (κ1) is 28.9. The van der Waals surface area contributed by atoms with Gasteiger partial charge in [-0.05, 0) is 47.9 Å². The molecule has 1 heterocycles. The number of hydrazone groups is 1. The van der Waals surface area contributed by atoms with E-state index in [9.17, 15) is 24.6 Å². The number of fused-ring (bicyclic) bond motifs is 1. The van der Waals surface area contributed by atoms with Crippen LogP contribution in [-0.2, 0) is 27.4 Å². The van der Waals surface area contributed by atoms with Crippen LogP contribution in [0.3, 0.4) is 0 Å². The van der Waals surface area contributed by atoms with Gasteiger partial charge in [0.2, 0.25) is 12.7 Å². The highest BCUT2D eigenvalue weighted by Gasteiger charge is 2.27. The third-order valence-electron chi connectivity index (χ3n) is 6.15. The van der Waals surface area contributed by atoms with Crippen LogP contribution in [0.1, 0.15) is 22.3 Å². The van der Waals surface area contributed by atoms with E-state index in [4.69, 9.17) is 14.2 Å². The number of amides is 3. The number of nitrogens with one attached hydrogen (secondary N) is 3. The van der Waals surface area contributed by atoms with Crippen molar-refractivity contribution in [2.75, 3.05) is 13.4 Å². The Labute approximate surface area is 235 Å². The molecule has 3 aromatic rings. The first-order valence-electron chi connectivity index (χ1n) is 12.7. The number of carbonyl (C=O) groups is 3. The lowest BCUT2D eigenvalue weighted by atomic mass is 10.0. The van der Waals surface area contributed by atoms with Gasteiger partial charge in [-0.2, -0.15) is 5.10 Å². The number of aliphatic hydroxyl groups is 1. The van der Waals surface area contributed by atoms with Gasteiger partial charge in [0, 0.05) is 12.0 Å². The summed E-state index contributed by atoms with van der Waals surface area (Å²) in [6.07, 6.45) is 0.564. The molecular formula is C29H30N4O8. The molecule has 0 saturated heterocycles. The summed E-state index contributed by atoms with van der Waals surface area (Å²) in [5, 5.41) is 28.2. The summed E-state index contributed by atoms with van der Waals surface area (Å²) < 4.78 is 15.9. The van der Waals surface area contributed by atoms with Crippen LogP contribution in [0.4, 0.5) is 4.79 Å². The first-order valence-corrected chi connectivity index (χ1v) is 12.7. The van der Waals surface area contributed by atoms with Gasteiger partial charge in [-0.25, -0.2) is 10.2 Å². The van der Waals surface area contributed by atoms with E-state index >= 15 is 0 Å². The molecular weight excluding hydrogens is 532 g/mol. The van der Waals surface area contributed by atoms with Crippen molar-refractivity contribution in [3.05, 3.63) is 89.0 Å². The highest BCUT2D eigenvalue weighted by Crippen LogP contribution is 2.34. The number of aliphatic hydroxyl groups excluding tert-OH is 1. The number of phenols is 1. The van der Waals surface area contributed by atoms with E-state index in [2.05, 4.69) is 21.2 Å². The fourth-order valence-electron chi connectivity index (χ4n) is 3.89. The lowest BCUT2D eigenvalue weighted by molar-refractivity contribution is -0.130. The minimum Gasteiger partial charge on any atom is -0.508 e. The summed E-state index contributed by atoms with van der Waals surface area (Å²) in [6, 6.07) is 16.1. The molecule has 4 rings (SSSR count). The molecule has 3 amide bonds. The second-order valence-electron chi connectivity index (χ2n) is 9.17. The molecule has 1 aliphatic rings. The summed E-state index contributed by atoms with van der Waals surface area (Å²) in [6.45, 7) is 1.21. The number of ether oxygens (including phenoxy) is 3. The molecule has 41 heavy (non-hydrogen) atoms. The van der Waals surface area contributed by atoms with Crippen molar-refractivity contribution < 1.29 is 38.8 Å². The summed E-state index contributed by atoms with van der Waals surface area (Å²) in [5.41, 5.74) is 5.33. The zero-order valence-corrected chi connectivity index (χ0v) is 22.2. The molecule has 0 aromatic heterocycles. The van der Waals surface area contributed by atoms with Crippen molar-refractivity contribution >= 4 is 24.1 Å². The van der Waals surface area contributed by atoms with Crippen LogP contribution in [-0.4, -0.2) is 59.8 Å². The van der Waals surface area contributed by atoms with Crippen molar-refractivity contribution in [1.82, 2.24) is 16.1 Å². The molecule has 0 spiro atoms. The highest BCUT2D eigenvalue weighted by atomic mass is 16.7. The number of benzene rings is 3. The molecule has 2 atom stereocenters. The maximum atomic E-state index is 13.1. The number of hydrogen-bond donors (Lipinski definition) is 5. The highest BCUT2D eigenvalue weighted by molar-refractivity contribution is 5.92. The maximum absolute atomic E-state index is 13.1. The molecule has 0 aliphatic carbocycles. The van der Waals surface area contributed by atoms with Crippen LogP contribution >= 0.6 is 0 Å². The third kappa shape index (κ3) is 8.19. The van der Waals surface area contributed by atoms with E-state index in [1.165, 1.54) is 18.3 Å². The molecule has 5 N–H and O–H groups in total. The normalized spacial score (nSPS) is 13.3. The van der Waals surface area contributed by atoms with Gasteiger partial charge in [0.05, 0.1) is 12.8 Å². The molecule has 0 saturated carbocycles. The van der Waals surface area contributed by atoms with Crippen molar-refractivity contribution in [3.63, 3.8) is 0 Å². The van der Waals surface area contributed by atoms with Crippen molar-refractivity contribution in [1.29, 1.82) is 0 Å². The van der Waals surface area contributed by atoms with Crippen LogP contribution in [0.25, 0.3) is 0 Å². The number of hydrogen-bond acceptors (Lipinski definition) is 9. The smallest absolute Gasteiger partial charge is 0.408 e. The van der Waals surface area contributed by atoms with Gasteiger partial charge in [0.1, 0.15) is 24.4 Å². The quantitative estimate of drug-likeness (QED) is 0.174. The minimum absolute atomic E-state index is 0.0286. The first-order chi connectivity index (χ1) is 19.8. The second kappa shape index (κ2) is 13.8. The van der Waals surface area contributed by atoms with Crippen molar-refractivity contribution in [2.24, 2.45) is 5.10 Å². The van der Waals surface area contributed by atoms with Crippen LogP contribution in [0, 0.1) is 6.92 Å². The van der Waals surface area contributed by atoms with Gasteiger partial charge in [-0.3, -0.25) is 9.59 Å². The second-order valence-corrected chi connectivity index (χ2v) is 9.17. The fraction of sp³-hybridized carbons (Fsp3) is 0.241. The molecule has 12 heteroatoms. The molecule has 1 aliphatic heterocycles. The Kier molecular flexibility index (Phi) is 9.73. The molecule has 0 bridgehead atoms. The largest absolute Gasteiger partial charge is 0.508 e. The van der Waals surface area contributed by atoms with Gasteiger partial charge in [-0.1, -0.05) is 42.5 Å². The number of nitrogens with zero attached hydrogens (tertiary/aromatic N) is 1. The Bertz CT molecular complexity index is 1400. The van der Waals surface area contributed by atoms with Gasteiger partial charge in [-0.15, -0.1) is 0 Å². The number of aromatic hydroxyl groups is 1. The lowest BCUT2D eigenvalue weighted by Gasteiger charge is -2.21. The zero-order chi connectivity index (χ0) is 29.2. The summed E-state index contributed by atoms with van der Waals surface area (Å²) >= 11 is 0. The Balaban J connectivity index is 1.40. The van der Waals surface area contributed by atoms with Crippen LogP contribution < -0.4 is 25.5 Å². The number of rotatable bonds is 11. The van der Waals surface area contributed by atoms with E-state index in [0.29, 0.717) is 22.6 Å². The third-order valence-corrected chi connectivity index (χ3v) is 6.15. The molecule has 3 aromatic carbocycles.